The highest BCUT2D eigenvalue weighted by molar-refractivity contribution is 9.11. The zero-order chi connectivity index (χ0) is 18.4. The summed E-state index contributed by atoms with van der Waals surface area (Å²) in [5.41, 5.74) is 0. The molecule has 2 aromatic carbocycles. The number of rotatable bonds is 2. The molecule has 28 heavy (non-hydrogen) atoms. The third-order valence-electron chi connectivity index (χ3n) is 3.13. The SMILES string of the molecule is BrC1CC1.C.C.C.Fc1ccc(OC2CC2)c(Br)c1.Oc1ccc(F)cc1Br. The molecule has 0 bridgehead atoms. The highest BCUT2D eigenvalue weighted by Crippen LogP contribution is 2.32. The van der Waals surface area contributed by atoms with Crippen molar-refractivity contribution in [2.45, 2.75) is 58.9 Å². The summed E-state index contributed by atoms with van der Waals surface area (Å²) in [5.74, 6) is 0.181. The summed E-state index contributed by atoms with van der Waals surface area (Å²) in [5, 5.41) is 8.83. The van der Waals surface area contributed by atoms with Gasteiger partial charge in [-0.2, -0.15) is 0 Å². The number of alkyl halides is 1. The standard InChI is InChI=1S/C9H8BrFO.C6H4BrFO.C3H5Br.3CH4/c10-8-5-6(11)1-4-9(8)12-7-2-3-7;7-5-3-4(8)1-2-6(5)9;4-3-1-2-3;;;/h1,4-5,7H,2-3H2;1-3,9H;3H,1-2H2;3*1H4. The first kappa shape index (κ1) is 29.5. The second kappa shape index (κ2) is 14.3. The molecule has 2 aliphatic rings. The highest BCUT2D eigenvalue weighted by atomic mass is 79.9. The fourth-order valence-corrected chi connectivity index (χ4v) is 2.54. The largest absolute Gasteiger partial charge is 0.507 e. The quantitative estimate of drug-likeness (QED) is 0.354. The van der Waals surface area contributed by atoms with Crippen LogP contribution in [-0.4, -0.2) is 16.0 Å². The minimum atomic E-state index is -0.361. The van der Waals surface area contributed by atoms with Crippen molar-refractivity contribution >= 4 is 47.8 Å². The van der Waals surface area contributed by atoms with Gasteiger partial charge in [0.15, 0.2) is 0 Å². The van der Waals surface area contributed by atoms with Gasteiger partial charge in [-0.3, -0.25) is 0 Å². The summed E-state index contributed by atoms with van der Waals surface area (Å²) in [6.07, 6.45) is 5.39. The fraction of sp³-hybridized carbons (Fsp3) is 0.429. The Labute approximate surface area is 193 Å². The van der Waals surface area contributed by atoms with E-state index in [9.17, 15) is 8.78 Å². The molecular formula is C21H29Br3F2O2. The van der Waals surface area contributed by atoms with Crippen LogP contribution in [0.5, 0.6) is 11.5 Å². The molecule has 0 aromatic heterocycles. The molecule has 2 fully saturated rings. The van der Waals surface area contributed by atoms with E-state index in [1.807, 2.05) is 0 Å². The zero-order valence-electron chi connectivity index (χ0n) is 13.2. The van der Waals surface area contributed by atoms with E-state index in [1.165, 1.54) is 43.2 Å². The lowest BCUT2D eigenvalue weighted by Gasteiger charge is -2.05. The molecule has 0 saturated heterocycles. The Bertz CT molecular complexity index is 706. The van der Waals surface area contributed by atoms with Gasteiger partial charge < -0.3 is 9.84 Å². The number of ether oxygens (including phenoxy) is 1. The van der Waals surface area contributed by atoms with Crippen molar-refractivity contribution in [2.75, 3.05) is 0 Å². The Balaban J connectivity index is 0. The zero-order valence-corrected chi connectivity index (χ0v) is 18.0. The number of halogens is 5. The van der Waals surface area contributed by atoms with E-state index >= 15 is 0 Å². The number of hydrogen-bond donors (Lipinski definition) is 1. The van der Waals surface area contributed by atoms with Crippen LogP contribution in [0.2, 0.25) is 0 Å². The summed E-state index contributed by atoms with van der Waals surface area (Å²) in [6, 6.07) is 8.16. The van der Waals surface area contributed by atoms with Crippen LogP contribution in [0.4, 0.5) is 8.78 Å². The molecule has 0 spiro atoms. The number of benzene rings is 2. The van der Waals surface area contributed by atoms with Gasteiger partial charge in [0.25, 0.3) is 0 Å². The van der Waals surface area contributed by atoms with E-state index in [0.717, 1.165) is 23.4 Å². The number of phenols is 1. The van der Waals surface area contributed by atoms with Crippen molar-refractivity contribution < 1.29 is 18.6 Å². The summed E-state index contributed by atoms with van der Waals surface area (Å²) in [4.78, 5) is 0.896. The predicted octanol–water partition coefficient (Wildman–Crippen LogP) is 8.88. The monoisotopic (exact) mass is 588 g/mol. The Kier molecular flexibility index (Phi) is 15.1. The van der Waals surface area contributed by atoms with Crippen LogP contribution in [0.15, 0.2) is 45.3 Å². The van der Waals surface area contributed by atoms with Gasteiger partial charge >= 0.3 is 0 Å². The van der Waals surface area contributed by atoms with Crippen LogP contribution >= 0.6 is 47.8 Å². The van der Waals surface area contributed by atoms with Gasteiger partial charge in [0.1, 0.15) is 23.1 Å². The Hall–Kier alpha value is -0.660. The van der Waals surface area contributed by atoms with Crippen molar-refractivity contribution in [3.8, 4) is 11.5 Å². The second-order valence-electron chi connectivity index (χ2n) is 5.66. The lowest BCUT2D eigenvalue weighted by atomic mass is 10.3. The minimum Gasteiger partial charge on any atom is -0.507 e. The van der Waals surface area contributed by atoms with Gasteiger partial charge in [-0.1, -0.05) is 38.2 Å². The van der Waals surface area contributed by atoms with Crippen molar-refractivity contribution in [1.29, 1.82) is 0 Å². The molecule has 0 aliphatic heterocycles. The summed E-state index contributed by atoms with van der Waals surface area (Å²) in [7, 11) is 0. The van der Waals surface area contributed by atoms with E-state index in [2.05, 4.69) is 47.8 Å². The molecule has 2 aliphatic carbocycles. The first-order valence-corrected chi connectivity index (χ1v) is 10.2. The molecule has 0 heterocycles. The summed E-state index contributed by atoms with van der Waals surface area (Å²) in [6.45, 7) is 0. The maximum Gasteiger partial charge on any atom is 0.134 e. The molecule has 0 unspecified atom stereocenters. The Morgan fingerprint density at radius 2 is 1.29 bits per heavy atom. The summed E-state index contributed by atoms with van der Waals surface area (Å²) < 4.78 is 31.4. The molecule has 160 valence electrons. The lowest BCUT2D eigenvalue weighted by Crippen LogP contribution is -1.96. The van der Waals surface area contributed by atoms with Crippen LogP contribution in [0.25, 0.3) is 0 Å². The first-order chi connectivity index (χ1) is 11.8. The molecular weight excluding hydrogens is 562 g/mol. The van der Waals surface area contributed by atoms with Crippen molar-refractivity contribution in [3.05, 3.63) is 57.0 Å². The minimum absolute atomic E-state index is 0. The molecule has 2 saturated carbocycles. The number of aromatic hydroxyl groups is 1. The molecule has 2 nitrogen and oxygen atoms in total. The molecule has 0 amide bonds. The third kappa shape index (κ3) is 12.0. The van der Waals surface area contributed by atoms with Crippen LogP contribution in [-0.2, 0) is 0 Å². The maximum absolute atomic E-state index is 12.6. The average Bonchev–Trinajstić information content (AvgIpc) is 3.46. The van der Waals surface area contributed by atoms with E-state index in [1.54, 1.807) is 6.07 Å². The van der Waals surface area contributed by atoms with Crippen LogP contribution in [0.3, 0.4) is 0 Å². The van der Waals surface area contributed by atoms with Crippen LogP contribution in [0, 0.1) is 11.6 Å². The fourth-order valence-electron chi connectivity index (χ4n) is 1.48. The molecule has 0 radical (unpaired) electrons. The van der Waals surface area contributed by atoms with E-state index < -0.39 is 0 Å². The molecule has 7 heteroatoms. The van der Waals surface area contributed by atoms with E-state index in [4.69, 9.17) is 9.84 Å². The van der Waals surface area contributed by atoms with Gasteiger partial charge in [0.2, 0.25) is 0 Å². The molecule has 4 rings (SSSR count). The first-order valence-electron chi connectivity index (χ1n) is 7.75. The maximum atomic E-state index is 12.6. The normalized spacial score (nSPS) is 13.8. The van der Waals surface area contributed by atoms with Crippen LogP contribution in [0.1, 0.15) is 48.0 Å². The van der Waals surface area contributed by atoms with Crippen molar-refractivity contribution in [1.82, 2.24) is 0 Å². The molecule has 0 atom stereocenters. The second-order valence-corrected chi connectivity index (χ2v) is 8.67. The van der Waals surface area contributed by atoms with Gasteiger partial charge in [0.05, 0.1) is 15.0 Å². The van der Waals surface area contributed by atoms with Gasteiger partial charge in [-0.05, 0) is 93.9 Å². The highest BCUT2D eigenvalue weighted by Gasteiger charge is 2.24. The van der Waals surface area contributed by atoms with Crippen LogP contribution < -0.4 is 4.74 Å². The lowest BCUT2D eigenvalue weighted by molar-refractivity contribution is 0.300. The molecule has 2 aromatic rings. The molecule has 1 N–H and O–H groups in total. The van der Waals surface area contributed by atoms with Gasteiger partial charge in [0, 0.05) is 4.83 Å². The number of phenolic OH excluding ortho intramolecular Hbond substituents is 1. The van der Waals surface area contributed by atoms with E-state index in [-0.39, 0.29) is 39.7 Å². The van der Waals surface area contributed by atoms with Gasteiger partial charge in [-0.15, -0.1) is 0 Å². The number of hydrogen-bond acceptors (Lipinski definition) is 2. The predicted molar refractivity (Wildman–Crippen MR) is 126 cm³/mol. The Morgan fingerprint density at radius 1 is 0.821 bits per heavy atom. The smallest absolute Gasteiger partial charge is 0.134 e. The summed E-state index contributed by atoms with van der Waals surface area (Å²) >= 11 is 9.58. The topological polar surface area (TPSA) is 29.5 Å². The Morgan fingerprint density at radius 3 is 1.64 bits per heavy atom. The third-order valence-corrected chi connectivity index (χ3v) is 5.30. The van der Waals surface area contributed by atoms with Crippen molar-refractivity contribution in [2.24, 2.45) is 0 Å². The van der Waals surface area contributed by atoms with E-state index in [0.29, 0.717) is 15.0 Å². The van der Waals surface area contributed by atoms with Crippen molar-refractivity contribution in [3.63, 3.8) is 0 Å². The average molecular weight is 591 g/mol. The van der Waals surface area contributed by atoms with Gasteiger partial charge in [-0.25, -0.2) is 8.78 Å².